The van der Waals surface area contributed by atoms with Crippen molar-refractivity contribution in [3.8, 4) is 0 Å². The molecule has 0 aliphatic carbocycles. The molecule has 2 aliphatic heterocycles. The molecule has 2 N–H and O–H groups in total. The van der Waals surface area contributed by atoms with E-state index >= 15 is 0 Å². The van der Waals surface area contributed by atoms with E-state index in [0.717, 1.165) is 6.54 Å². The van der Waals surface area contributed by atoms with Gasteiger partial charge in [-0.3, -0.25) is 9.59 Å². The van der Waals surface area contributed by atoms with Crippen molar-refractivity contribution in [2.45, 2.75) is 38.3 Å². The lowest BCUT2D eigenvalue weighted by molar-refractivity contribution is -0.140. The van der Waals surface area contributed by atoms with Crippen molar-refractivity contribution in [2.24, 2.45) is 0 Å². The minimum absolute atomic E-state index is 0.0347. The second-order valence-corrected chi connectivity index (χ2v) is 9.68. The highest BCUT2D eigenvalue weighted by atomic mass is 35.5. The molecule has 33 heavy (non-hydrogen) atoms. The number of pyridine rings is 1. The van der Waals surface area contributed by atoms with Gasteiger partial charge in [0.15, 0.2) is 0 Å². The van der Waals surface area contributed by atoms with Gasteiger partial charge < -0.3 is 20.4 Å². The Hall–Kier alpha value is -2.35. The van der Waals surface area contributed by atoms with Crippen LogP contribution in [0, 0.1) is 6.92 Å². The number of halogens is 2. The van der Waals surface area contributed by atoms with Crippen molar-refractivity contribution >= 4 is 40.7 Å². The lowest BCUT2D eigenvalue weighted by Crippen LogP contribution is -2.66. The van der Waals surface area contributed by atoms with Gasteiger partial charge >= 0.3 is 0 Å². The number of hydrogen-bond acceptors (Lipinski definition) is 5. The molecule has 3 heterocycles. The van der Waals surface area contributed by atoms with Crippen molar-refractivity contribution in [1.29, 1.82) is 0 Å². The van der Waals surface area contributed by atoms with Gasteiger partial charge in [0.25, 0.3) is 5.91 Å². The van der Waals surface area contributed by atoms with E-state index < -0.39 is 11.4 Å². The summed E-state index contributed by atoms with van der Waals surface area (Å²) in [5.74, 6) is -0.532. The summed E-state index contributed by atoms with van der Waals surface area (Å²) in [4.78, 5) is 35.2. The number of carbonyl (C=O) groups excluding carboxylic acids is 2. The first-order valence-corrected chi connectivity index (χ1v) is 12.0. The zero-order valence-corrected chi connectivity index (χ0v) is 20.4. The van der Waals surface area contributed by atoms with Gasteiger partial charge in [0.05, 0.1) is 5.02 Å². The molecule has 2 saturated heterocycles. The Labute approximate surface area is 204 Å². The fourth-order valence-corrected chi connectivity index (χ4v) is 5.07. The summed E-state index contributed by atoms with van der Waals surface area (Å²) < 4.78 is 0. The molecule has 7 nitrogen and oxygen atoms in total. The largest absolute Gasteiger partial charge is 0.365 e. The van der Waals surface area contributed by atoms with Gasteiger partial charge in [-0.25, -0.2) is 4.98 Å². The highest BCUT2D eigenvalue weighted by molar-refractivity contribution is 6.34. The number of nitrogens with zero attached hydrogens (tertiary/aromatic N) is 3. The summed E-state index contributed by atoms with van der Waals surface area (Å²) in [6.45, 7) is 7.42. The monoisotopic (exact) mass is 489 g/mol. The minimum atomic E-state index is -0.999. The Morgan fingerprint density at radius 2 is 1.91 bits per heavy atom. The predicted octanol–water partition coefficient (Wildman–Crippen LogP) is 3.29. The molecule has 176 valence electrons. The molecule has 0 saturated carbocycles. The van der Waals surface area contributed by atoms with Gasteiger partial charge in [-0.2, -0.15) is 0 Å². The number of aromatic nitrogens is 1. The number of nitrogens with one attached hydrogen (secondary N) is 2. The maximum atomic E-state index is 13.8. The van der Waals surface area contributed by atoms with E-state index in [2.05, 4.69) is 58.6 Å². The molecule has 2 fully saturated rings. The molecule has 2 amide bonds. The third-order valence-corrected chi connectivity index (χ3v) is 7.01. The topological polar surface area (TPSA) is 77.6 Å². The summed E-state index contributed by atoms with van der Waals surface area (Å²) in [5.41, 5.74) is 1.41. The van der Waals surface area contributed by atoms with Crippen molar-refractivity contribution in [2.75, 3.05) is 37.6 Å². The van der Waals surface area contributed by atoms with Gasteiger partial charge in [-0.15, -0.1) is 0 Å². The SMILES string of the molecule is Cc1cccc(N2CCN(C(=O)C3(NC(=O)c4nc(Cl)ccc4Cl)CCNCC3)CC2C)c1. The zero-order valence-electron chi connectivity index (χ0n) is 18.9. The van der Waals surface area contributed by atoms with E-state index in [4.69, 9.17) is 23.2 Å². The standard InChI is InChI=1S/C24H29Cl2N5O2/c1-16-4-3-5-18(14-16)31-13-12-30(15-17(31)2)23(33)24(8-10-27-11-9-24)29-22(32)21-19(25)6-7-20(26)28-21/h3-7,14,17,27H,8-13,15H2,1-2H3,(H,29,32). The number of piperidine rings is 1. The number of rotatable bonds is 4. The quantitative estimate of drug-likeness (QED) is 0.644. The van der Waals surface area contributed by atoms with Crippen molar-refractivity contribution in [1.82, 2.24) is 20.5 Å². The molecule has 1 unspecified atom stereocenters. The number of anilines is 1. The normalized spacial score (nSPS) is 20.4. The van der Waals surface area contributed by atoms with Crippen LogP contribution in [0.5, 0.6) is 0 Å². The molecule has 2 aliphatic rings. The molecular weight excluding hydrogens is 461 g/mol. The van der Waals surface area contributed by atoms with Crippen LogP contribution in [0.25, 0.3) is 0 Å². The van der Waals surface area contributed by atoms with E-state index in [0.29, 0.717) is 39.0 Å². The number of hydrogen-bond donors (Lipinski definition) is 2. The Bertz CT molecular complexity index is 1040. The molecule has 0 spiro atoms. The first-order chi connectivity index (χ1) is 15.8. The van der Waals surface area contributed by atoms with Crippen LogP contribution in [-0.2, 0) is 4.79 Å². The second kappa shape index (κ2) is 9.87. The second-order valence-electron chi connectivity index (χ2n) is 8.88. The van der Waals surface area contributed by atoms with Crippen LogP contribution in [-0.4, -0.2) is 66.0 Å². The van der Waals surface area contributed by atoms with Crippen LogP contribution >= 0.6 is 23.2 Å². The zero-order chi connectivity index (χ0) is 23.6. The van der Waals surface area contributed by atoms with Gasteiger partial charge in [0, 0.05) is 31.4 Å². The fourth-order valence-electron chi connectivity index (χ4n) is 4.73. The van der Waals surface area contributed by atoms with Crippen LogP contribution in [0.1, 0.15) is 35.8 Å². The van der Waals surface area contributed by atoms with Gasteiger partial charge in [0.1, 0.15) is 16.4 Å². The molecule has 1 aromatic carbocycles. The summed E-state index contributed by atoms with van der Waals surface area (Å²) in [6, 6.07) is 11.6. The summed E-state index contributed by atoms with van der Waals surface area (Å²) in [6.07, 6.45) is 1.00. The molecule has 2 aromatic rings. The van der Waals surface area contributed by atoms with E-state index in [1.807, 2.05) is 4.90 Å². The summed E-state index contributed by atoms with van der Waals surface area (Å²) in [7, 11) is 0. The molecule has 4 rings (SSSR count). The van der Waals surface area contributed by atoms with Crippen LogP contribution < -0.4 is 15.5 Å². The molecule has 1 aromatic heterocycles. The Kier molecular flexibility index (Phi) is 7.12. The van der Waals surface area contributed by atoms with E-state index in [-0.39, 0.29) is 27.8 Å². The highest BCUT2D eigenvalue weighted by Crippen LogP contribution is 2.27. The maximum absolute atomic E-state index is 13.8. The highest BCUT2D eigenvalue weighted by Gasteiger charge is 2.45. The van der Waals surface area contributed by atoms with Gasteiger partial charge in [-0.1, -0.05) is 35.3 Å². The number of benzene rings is 1. The summed E-state index contributed by atoms with van der Waals surface area (Å²) >= 11 is 12.2. The van der Waals surface area contributed by atoms with Crippen LogP contribution in [0.4, 0.5) is 5.69 Å². The van der Waals surface area contributed by atoms with Crippen LogP contribution in [0.15, 0.2) is 36.4 Å². The maximum Gasteiger partial charge on any atom is 0.272 e. The van der Waals surface area contributed by atoms with E-state index in [1.165, 1.54) is 23.4 Å². The predicted molar refractivity (Wildman–Crippen MR) is 131 cm³/mol. The molecule has 1 atom stereocenters. The molecule has 0 bridgehead atoms. The smallest absolute Gasteiger partial charge is 0.272 e. The summed E-state index contributed by atoms with van der Waals surface area (Å²) in [5, 5.41) is 6.65. The minimum Gasteiger partial charge on any atom is -0.365 e. The average molecular weight is 490 g/mol. The van der Waals surface area contributed by atoms with Crippen molar-refractivity contribution in [3.05, 3.63) is 57.8 Å². The number of amides is 2. The Balaban J connectivity index is 1.52. The van der Waals surface area contributed by atoms with E-state index in [1.54, 1.807) is 0 Å². The molecule has 9 heteroatoms. The Morgan fingerprint density at radius 3 is 2.61 bits per heavy atom. The van der Waals surface area contributed by atoms with Gasteiger partial charge in [0.2, 0.25) is 5.91 Å². The van der Waals surface area contributed by atoms with E-state index in [9.17, 15) is 9.59 Å². The average Bonchev–Trinajstić information content (AvgIpc) is 2.80. The Morgan fingerprint density at radius 1 is 1.15 bits per heavy atom. The first-order valence-electron chi connectivity index (χ1n) is 11.3. The lowest BCUT2D eigenvalue weighted by Gasteiger charge is -2.46. The van der Waals surface area contributed by atoms with Crippen LogP contribution in [0.2, 0.25) is 10.2 Å². The van der Waals surface area contributed by atoms with Gasteiger partial charge in [-0.05, 0) is 69.6 Å². The lowest BCUT2D eigenvalue weighted by atomic mass is 9.86. The van der Waals surface area contributed by atoms with Crippen LogP contribution in [0.3, 0.4) is 0 Å². The third kappa shape index (κ3) is 5.10. The number of aryl methyl sites for hydroxylation is 1. The number of piperazine rings is 1. The third-order valence-electron chi connectivity index (χ3n) is 6.49. The number of carbonyl (C=O) groups is 2. The molecular formula is C24H29Cl2N5O2. The fraction of sp³-hybridized carbons (Fsp3) is 0.458. The first kappa shape index (κ1) is 23.8. The van der Waals surface area contributed by atoms with Crippen molar-refractivity contribution in [3.63, 3.8) is 0 Å². The molecule has 0 radical (unpaired) electrons. The van der Waals surface area contributed by atoms with Crippen molar-refractivity contribution < 1.29 is 9.59 Å².